The van der Waals surface area contributed by atoms with Crippen molar-refractivity contribution in [1.29, 1.82) is 0 Å². The molecule has 1 heterocycles. The van der Waals surface area contributed by atoms with E-state index in [1.807, 2.05) is 13.0 Å². The highest BCUT2D eigenvalue weighted by Gasteiger charge is 2.14. The van der Waals surface area contributed by atoms with Gasteiger partial charge < -0.3 is 19.8 Å². The van der Waals surface area contributed by atoms with Crippen molar-refractivity contribution in [3.05, 3.63) is 57.4 Å². The van der Waals surface area contributed by atoms with Crippen LogP contribution >= 0.6 is 15.9 Å². The number of nitrogens with one attached hydrogen (secondary N) is 2. The molecule has 7 heteroatoms. The molecule has 0 spiro atoms. The van der Waals surface area contributed by atoms with E-state index in [1.54, 1.807) is 25.3 Å². The Balaban J connectivity index is 1.72. The molecule has 0 aliphatic carbocycles. The van der Waals surface area contributed by atoms with Crippen LogP contribution in [0.4, 0.5) is 4.39 Å². The molecule has 1 aromatic heterocycles. The lowest BCUT2D eigenvalue weighted by Gasteiger charge is -2.10. The fourth-order valence-corrected chi connectivity index (χ4v) is 3.54. The van der Waals surface area contributed by atoms with Crippen LogP contribution in [-0.2, 0) is 6.42 Å². The molecular formula is C20H20BrFN2O3. The van der Waals surface area contributed by atoms with Crippen LogP contribution in [-0.4, -0.2) is 31.7 Å². The van der Waals surface area contributed by atoms with Gasteiger partial charge in [-0.3, -0.25) is 4.79 Å². The van der Waals surface area contributed by atoms with E-state index in [2.05, 4.69) is 26.2 Å². The van der Waals surface area contributed by atoms with E-state index in [-0.39, 0.29) is 11.7 Å². The summed E-state index contributed by atoms with van der Waals surface area (Å²) in [5.74, 6) is 0.554. The summed E-state index contributed by atoms with van der Waals surface area (Å²) in [5, 5.41) is 3.71. The lowest BCUT2D eigenvalue weighted by molar-refractivity contribution is 0.0953. The number of methoxy groups -OCH3 is 2. The van der Waals surface area contributed by atoms with Crippen molar-refractivity contribution in [3.8, 4) is 11.5 Å². The van der Waals surface area contributed by atoms with E-state index >= 15 is 0 Å². The Morgan fingerprint density at radius 2 is 1.93 bits per heavy atom. The zero-order chi connectivity index (χ0) is 19.6. The average molecular weight is 435 g/mol. The standard InChI is InChI=1S/C20H20BrFN2O3/c1-11-14(15-9-13(21)10-16(22)19(15)24-11)6-7-23-20(25)12-4-5-17(26-2)18(8-12)27-3/h4-5,8-10,24H,6-7H2,1-3H3,(H,23,25). The smallest absolute Gasteiger partial charge is 0.251 e. The number of aromatic nitrogens is 1. The molecule has 0 aliphatic rings. The molecule has 142 valence electrons. The summed E-state index contributed by atoms with van der Waals surface area (Å²) in [6.07, 6.45) is 0.584. The lowest BCUT2D eigenvalue weighted by atomic mass is 10.1. The number of H-pyrrole nitrogens is 1. The van der Waals surface area contributed by atoms with Gasteiger partial charge >= 0.3 is 0 Å². The van der Waals surface area contributed by atoms with Gasteiger partial charge in [0.2, 0.25) is 0 Å². The largest absolute Gasteiger partial charge is 0.493 e. The predicted molar refractivity (Wildman–Crippen MR) is 106 cm³/mol. The molecule has 0 fully saturated rings. The number of hydrogen-bond donors (Lipinski definition) is 2. The van der Waals surface area contributed by atoms with Crippen LogP contribution in [0.2, 0.25) is 0 Å². The number of benzene rings is 2. The molecule has 2 aromatic carbocycles. The van der Waals surface area contributed by atoms with Crippen molar-refractivity contribution >= 4 is 32.7 Å². The summed E-state index contributed by atoms with van der Waals surface area (Å²) in [7, 11) is 3.07. The Morgan fingerprint density at radius 3 is 2.63 bits per heavy atom. The Bertz CT molecular complexity index is 1000. The Kier molecular flexibility index (Phi) is 5.70. The molecule has 3 aromatic rings. The van der Waals surface area contributed by atoms with Crippen molar-refractivity contribution in [2.75, 3.05) is 20.8 Å². The number of aromatic amines is 1. The molecule has 0 atom stereocenters. The van der Waals surface area contributed by atoms with Crippen LogP contribution in [0.1, 0.15) is 21.6 Å². The minimum absolute atomic E-state index is 0.208. The molecule has 0 radical (unpaired) electrons. The predicted octanol–water partition coefficient (Wildman–Crippen LogP) is 4.37. The first-order valence-electron chi connectivity index (χ1n) is 8.41. The third kappa shape index (κ3) is 3.93. The summed E-state index contributed by atoms with van der Waals surface area (Å²) >= 11 is 3.33. The van der Waals surface area contributed by atoms with E-state index in [1.165, 1.54) is 13.2 Å². The fourth-order valence-electron chi connectivity index (χ4n) is 3.11. The van der Waals surface area contributed by atoms with E-state index < -0.39 is 0 Å². The minimum atomic E-state index is -0.303. The zero-order valence-electron chi connectivity index (χ0n) is 15.3. The van der Waals surface area contributed by atoms with Gasteiger partial charge in [0.05, 0.1) is 19.7 Å². The van der Waals surface area contributed by atoms with Crippen molar-refractivity contribution < 1.29 is 18.7 Å². The van der Waals surface area contributed by atoms with Gasteiger partial charge in [0.15, 0.2) is 11.5 Å². The lowest BCUT2D eigenvalue weighted by Crippen LogP contribution is -2.25. The van der Waals surface area contributed by atoms with Crippen LogP contribution < -0.4 is 14.8 Å². The summed E-state index contributed by atoms with van der Waals surface area (Å²) in [6.45, 7) is 2.33. The van der Waals surface area contributed by atoms with Gasteiger partial charge in [0, 0.05) is 27.7 Å². The van der Waals surface area contributed by atoms with Gasteiger partial charge in [-0.1, -0.05) is 15.9 Å². The summed E-state index contributed by atoms with van der Waals surface area (Å²) in [5.41, 5.74) is 2.84. The molecular weight excluding hydrogens is 415 g/mol. The van der Waals surface area contributed by atoms with Crippen LogP contribution in [0.3, 0.4) is 0 Å². The molecule has 0 aliphatic heterocycles. The molecule has 0 unspecified atom stereocenters. The topological polar surface area (TPSA) is 63.3 Å². The van der Waals surface area contributed by atoms with Gasteiger partial charge in [-0.25, -0.2) is 4.39 Å². The normalized spacial score (nSPS) is 10.9. The summed E-state index contributed by atoms with van der Waals surface area (Å²) < 4.78 is 25.2. The van der Waals surface area contributed by atoms with Crippen molar-refractivity contribution in [1.82, 2.24) is 10.3 Å². The number of hydrogen-bond acceptors (Lipinski definition) is 3. The van der Waals surface area contributed by atoms with Crippen LogP contribution in [0.5, 0.6) is 11.5 Å². The molecule has 0 bridgehead atoms. The molecule has 5 nitrogen and oxygen atoms in total. The van der Waals surface area contributed by atoms with Crippen LogP contribution in [0, 0.1) is 12.7 Å². The number of aryl methyl sites for hydroxylation is 1. The van der Waals surface area contributed by atoms with Gasteiger partial charge in [-0.2, -0.15) is 0 Å². The first kappa shape index (κ1) is 19.2. The Morgan fingerprint density at radius 1 is 1.19 bits per heavy atom. The van der Waals surface area contributed by atoms with Gasteiger partial charge in [-0.15, -0.1) is 0 Å². The number of carbonyl (C=O) groups excluding carboxylic acids is 1. The van der Waals surface area contributed by atoms with Gasteiger partial charge in [-0.05, 0) is 49.2 Å². The quantitative estimate of drug-likeness (QED) is 0.605. The van der Waals surface area contributed by atoms with Crippen molar-refractivity contribution in [2.45, 2.75) is 13.3 Å². The highest BCUT2D eigenvalue weighted by atomic mass is 79.9. The number of ether oxygens (including phenoxy) is 2. The summed E-state index contributed by atoms with van der Waals surface area (Å²) in [4.78, 5) is 15.5. The highest BCUT2D eigenvalue weighted by molar-refractivity contribution is 9.10. The average Bonchev–Trinajstić information content (AvgIpc) is 2.97. The van der Waals surface area contributed by atoms with Crippen molar-refractivity contribution in [3.63, 3.8) is 0 Å². The monoisotopic (exact) mass is 434 g/mol. The third-order valence-corrected chi connectivity index (χ3v) is 4.91. The van der Waals surface area contributed by atoms with E-state index in [9.17, 15) is 9.18 Å². The van der Waals surface area contributed by atoms with Crippen LogP contribution in [0.25, 0.3) is 10.9 Å². The highest BCUT2D eigenvalue weighted by Crippen LogP contribution is 2.29. The first-order valence-corrected chi connectivity index (χ1v) is 9.20. The van der Waals surface area contributed by atoms with Crippen molar-refractivity contribution in [2.24, 2.45) is 0 Å². The second-order valence-electron chi connectivity index (χ2n) is 6.11. The SMILES string of the molecule is COc1ccc(C(=O)NCCc2c(C)[nH]c3c(F)cc(Br)cc23)cc1OC. The van der Waals surface area contributed by atoms with E-state index in [4.69, 9.17) is 9.47 Å². The zero-order valence-corrected chi connectivity index (χ0v) is 16.9. The number of fused-ring (bicyclic) bond motifs is 1. The third-order valence-electron chi connectivity index (χ3n) is 4.45. The molecule has 2 N–H and O–H groups in total. The molecule has 3 rings (SSSR count). The minimum Gasteiger partial charge on any atom is -0.493 e. The van der Waals surface area contributed by atoms with Gasteiger partial charge in [0.25, 0.3) is 5.91 Å². The van der Waals surface area contributed by atoms with Crippen LogP contribution in [0.15, 0.2) is 34.8 Å². The number of rotatable bonds is 6. The number of halogens is 2. The number of carbonyl (C=O) groups is 1. The molecule has 0 saturated carbocycles. The molecule has 27 heavy (non-hydrogen) atoms. The maximum Gasteiger partial charge on any atom is 0.251 e. The molecule has 0 saturated heterocycles. The second-order valence-corrected chi connectivity index (χ2v) is 7.03. The second kappa shape index (κ2) is 8.00. The Labute approximate surface area is 165 Å². The van der Waals surface area contributed by atoms with E-state index in [0.717, 1.165) is 16.6 Å². The fraction of sp³-hybridized carbons (Fsp3) is 0.250. The Hall–Kier alpha value is -2.54. The first-order chi connectivity index (χ1) is 12.9. The number of amides is 1. The maximum atomic E-state index is 14.1. The van der Waals surface area contributed by atoms with E-state index in [0.29, 0.717) is 40.0 Å². The molecule has 1 amide bonds. The maximum absolute atomic E-state index is 14.1. The summed E-state index contributed by atoms with van der Waals surface area (Å²) in [6, 6.07) is 8.32. The van der Waals surface area contributed by atoms with Gasteiger partial charge in [0.1, 0.15) is 5.82 Å².